The van der Waals surface area contributed by atoms with Crippen LogP contribution in [0.15, 0.2) is 41.4 Å². The van der Waals surface area contributed by atoms with Gasteiger partial charge in [-0.2, -0.15) is 4.31 Å². The van der Waals surface area contributed by atoms with Crippen LogP contribution in [0.2, 0.25) is 0 Å². The Balaban J connectivity index is 1.90. The van der Waals surface area contributed by atoms with Gasteiger partial charge in [-0.1, -0.05) is 6.92 Å². The Bertz CT molecular complexity index is 914. The summed E-state index contributed by atoms with van der Waals surface area (Å²) in [7, 11) is -1.68. The van der Waals surface area contributed by atoms with E-state index in [0.29, 0.717) is 29.1 Å². The van der Waals surface area contributed by atoms with E-state index in [4.69, 9.17) is 0 Å². The van der Waals surface area contributed by atoms with Crippen molar-refractivity contribution in [2.24, 2.45) is 7.05 Å². The topological polar surface area (TPSA) is 71.4 Å². The minimum atomic E-state index is -3.60. The summed E-state index contributed by atoms with van der Waals surface area (Å²) in [5.41, 5.74) is 2.22. The average molecular weight is 375 g/mol. The highest BCUT2D eigenvalue weighted by molar-refractivity contribution is 7.89. The van der Waals surface area contributed by atoms with Gasteiger partial charge in [-0.3, -0.25) is 4.79 Å². The van der Waals surface area contributed by atoms with Crippen molar-refractivity contribution in [1.82, 2.24) is 8.87 Å². The Morgan fingerprint density at radius 2 is 2.04 bits per heavy atom. The van der Waals surface area contributed by atoms with Crippen LogP contribution in [0.4, 0.5) is 5.69 Å². The molecule has 0 bridgehead atoms. The number of benzene rings is 1. The maximum atomic E-state index is 13.3. The van der Waals surface area contributed by atoms with Crippen molar-refractivity contribution in [2.45, 2.75) is 50.6 Å². The van der Waals surface area contributed by atoms with Crippen LogP contribution in [0.3, 0.4) is 0 Å². The van der Waals surface area contributed by atoms with Gasteiger partial charge in [0.1, 0.15) is 0 Å². The number of sulfonamides is 1. The molecule has 1 heterocycles. The zero-order chi connectivity index (χ0) is 18.9. The van der Waals surface area contributed by atoms with E-state index < -0.39 is 10.0 Å². The summed E-state index contributed by atoms with van der Waals surface area (Å²) in [5.74, 6) is -0.0941. The summed E-state index contributed by atoms with van der Waals surface area (Å²) in [6, 6.07) is 8.89. The van der Waals surface area contributed by atoms with Crippen LogP contribution >= 0.6 is 0 Å². The van der Waals surface area contributed by atoms with E-state index in [2.05, 4.69) is 5.32 Å². The third kappa shape index (κ3) is 3.83. The fourth-order valence-corrected chi connectivity index (χ4v) is 4.85. The summed E-state index contributed by atoms with van der Waals surface area (Å²) in [5, 5.41) is 2.77. The Hall–Kier alpha value is -2.12. The largest absolute Gasteiger partial charge is 0.353 e. The number of carbonyl (C=O) groups is 1. The first kappa shape index (κ1) is 18.7. The molecule has 0 aliphatic heterocycles. The first-order valence-corrected chi connectivity index (χ1v) is 10.3. The quantitative estimate of drug-likeness (QED) is 0.808. The maximum Gasteiger partial charge on any atom is 0.243 e. The zero-order valence-corrected chi connectivity index (χ0v) is 16.2. The molecule has 1 amide bonds. The van der Waals surface area contributed by atoms with E-state index in [-0.39, 0.29) is 11.9 Å². The first-order valence-electron chi connectivity index (χ1n) is 8.85. The number of aromatic nitrogens is 1. The lowest BCUT2D eigenvalue weighted by Gasteiger charge is -2.23. The number of aryl methyl sites for hydroxylation is 2. The summed E-state index contributed by atoms with van der Waals surface area (Å²) >= 11 is 0. The summed E-state index contributed by atoms with van der Waals surface area (Å²) in [6.07, 6.45) is 4.09. The first-order chi connectivity index (χ1) is 12.3. The Morgan fingerprint density at radius 1 is 1.31 bits per heavy atom. The molecule has 0 saturated heterocycles. The number of amides is 1. The highest BCUT2D eigenvalue weighted by Crippen LogP contribution is 2.35. The van der Waals surface area contributed by atoms with E-state index in [1.807, 2.05) is 29.9 Å². The smallest absolute Gasteiger partial charge is 0.243 e. The molecule has 3 rings (SSSR count). The summed E-state index contributed by atoms with van der Waals surface area (Å²) in [4.78, 5) is 11.8. The fourth-order valence-electron chi connectivity index (χ4n) is 2.99. The molecule has 1 aliphatic rings. The second-order valence-electron chi connectivity index (χ2n) is 6.77. The van der Waals surface area contributed by atoms with Gasteiger partial charge in [0.25, 0.3) is 0 Å². The third-order valence-corrected chi connectivity index (χ3v) is 6.75. The number of hydrogen-bond acceptors (Lipinski definition) is 3. The second kappa shape index (κ2) is 7.25. The molecule has 0 atom stereocenters. The molecule has 0 spiro atoms. The van der Waals surface area contributed by atoms with Crippen LogP contribution < -0.4 is 5.32 Å². The van der Waals surface area contributed by atoms with Gasteiger partial charge in [-0.15, -0.1) is 0 Å². The lowest BCUT2D eigenvalue weighted by Crippen LogP contribution is -2.33. The minimum Gasteiger partial charge on any atom is -0.353 e. The number of nitrogens with one attached hydrogen (secondary N) is 1. The molecule has 1 aromatic heterocycles. The van der Waals surface area contributed by atoms with Crippen LogP contribution in [-0.2, 0) is 28.4 Å². The molecule has 2 aromatic rings. The monoisotopic (exact) mass is 375 g/mol. The Morgan fingerprint density at radius 3 is 2.58 bits per heavy atom. The van der Waals surface area contributed by atoms with E-state index in [1.165, 1.54) is 0 Å². The number of nitrogens with zero attached hydrogens (tertiary/aromatic N) is 2. The van der Waals surface area contributed by atoms with Crippen molar-refractivity contribution >= 4 is 21.6 Å². The van der Waals surface area contributed by atoms with Gasteiger partial charge in [0.15, 0.2) is 0 Å². The molecule has 1 aliphatic carbocycles. The number of rotatable bonds is 7. The van der Waals surface area contributed by atoms with Gasteiger partial charge in [0.05, 0.1) is 11.4 Å². The SMILES string of the molecule is CCC(=O)Nc1ccc(S(=O)(=O)N(Cc2cccn2C)C2CC2)c(C)c1. The second-order valence-corrected chi connectivity index (χ2v) is 8.63. The van der Waals surface area contributed by atoms with E-state index in [1.54, 1.807) is 36.4 Å². The molecule has 0 unspecified atom stereocenters. The molecule has 1 saturated carbocycles. The summed E-state index contributed by atoms with van der Waals surface area (Å²) < 4.78 is 30.1. The van der Waals surface area contributed by atoms with Gasteiger partial charge in [-0.25, -0.2) is 8.42 Å². The van der Waals surface area contributed by atoms with Crippen molar-refractivity contribution in [1.29, 1.82) is 0 Å². The molecule has 0 radical (unpaired) electrons. The third-order valence-electron chi connectivity index (χ3n) is 4.69. The normalized spacial score (nSPS) is 14.6. The minimum absolute atomic E-state index is 0.0637. The summed E-state index contributed by atoms with van der Waals surface area (Å²) in [6.45, 7) is 3.91. The van der Waals surface area contributed by atoms with Crippen LogP contribution in [0.5, 0.6) is 0 Å². The predicted molar refractivity (Wildman–Crippen MR) is 101 cm³/mol. The maximum absolute atomic E-state index is 13.3. The highest BCUT2D eigenvalue weighted by Gasteiger charge is 2.39. The molecule has 1 fully saturated rings. The molecule has 26 heavy (non-hydrogen) atoms. The lowest BCUT2D eigenvalue weighted by molar-refractivity contribution is -0.115. The highest BCUT2D eigenvalue weighted by atomic mass is 32.2. The molecular formula is C19H25N3O3S. The Kier molecular flexibility index (Phi) is 5.20. The van der Waals surface area contributed by atoms with Crippen LogP contribution in [-0.4, -0.2) is 29.2 Å². The molecule has 140 valence electrons. The van der Waals surface area contributed by atoms with Gasteiger partial charge >= 0.3 is 0 Å². The average Bonchev–Trinajstić information content (AvgIpc) is 3.34. The van der Waals surface area contributed by atoms with Crippen LogP contribution in [0, 0.1) is 6.92 Å². The molecule has 1 aromatic carbocycles. The van der Waals surface area contributed by atoms with Gasteiger partial charge in [0, 0.05) is 37.1 Å². The van der Waals surface area contributed by atoms with Crippen molar-refractivity contribution in [3.8, 4) is 0 Å². The standard InChI is InChI=1S/C19H25N3O3S/c1-4-19(23)20-15-7-10-18(14(2)12-15)26(24,25)22(16-8-9-16)13-17-6-5-11-21(17)3/h5-7,10-12,16H,4,8-9,13H2,1-3H3,(H,20,23). The van der Waals surface area contributed by atoms with Gasteiger partial charge in [-0.05, 0) is 55.7 Å². The van der Waals surface area contributed by atoms with Crippen LogP contribution in [0.1, 0.15) is 37.4 Å². The van der Waals surface area contributed by atoms with Crippen molar-refractivity contribution in [3.63, 3.8) is 0 Å². The zero-order valence-electron chi connectivity index (χ0n) is 15.4. The lowest BCUT2D eigenvalue weighted by atomic mass is 10.2. The van der Waals surface area contributed by atoms with Gasteiger partial charge in [0.2, 0.25) is 15.9 Å². The van der Waals surface area contributed by atoms with E-state index in [9.17, 15) is 13.2 Å². The molecule has 6 nitrogen and oxygen atoms in total. The number of carbonyl (C=O) groups excluding carboxylic acids is 1. The number of anilines is 1. The van der Waals surface area contributed by atoms with E-state index >= 15 is 0 Å². The predicted octanol–water partition coefficient (Wildman–Crippen LogP) is 3.04. The van der Waals surface area contributed by atoms with E-state index in [0.717, 1.165) is 18.5 Å². The van der Waals surface area contributed by atoms with Crippen molar-refractivity contribution in [3.05, 3.63) is 47.8 Å². The molecule has 7 heteroatoms. The van der Waals surface area contributed by atoms with Crippen molar-refractivity contribution in [2.75, 3.05) is 5.32 Å². The Labute approximate surface area is 154 Å². The van der Waals surface area contributed by atoms with Crippen LogP contribution in [0.25, 0.3) is 0 Å². The van der Waals surface area contributed by atoms with Crippen molar-refractivity contribution < 1.29 is 13.2 Å². The van der Waals surface area contributed by atoms with Gasteiger partial charge < -0.3 is 9.88 Å². The number of hydrogen-bond donors (Lipinski definition) is 1. The molecular weight excluding hydrogens is 350 g/mol. The fraction of sp³-hybridized carbons (Fsp3) is 0.421. The molecule has 1 N–H and O–H groups in total.